The zero-order valence-corrected chi connectivity index (χ0v) is 14.9. The highest BCUT2D eigenvalue weighted by molar-refractivity contribution is 6.08. The average Bonchev–Trinajstić information content (AvgIpc) is 2.61. The van der Waals surface area contributed by atoms with Gasteiger partial charge in [-0.2, -0.15) is 0 Å². The Morgan fingerprint density at radius 1 is 1.12 bits per heavy atom. The van der Waals surface area contributed by atoms with Gasteiger partial charge in [-0.1, -0.05) is 6.58 Å². The van der Waals surface area contributed by atoms with Crippen molar-refractivity contribution < 1.29 is 9.47 Å². The number of methoxy groups -OCH3 is 2. The van der Waals surface area contributed by atoms with Crippen molar-refractivity contribution in [3.05, 3.63) is 48.6 Å². The van der Waals surface area contributed by atoms with Crippen LogP contribution < -0.4 is 26.3 Å². The molecular formula is C17H21N7O2. The zero-order chi connectivity index (χ0) is 19.1. The van der Waals surface area contributed by atoms with Gasteiger partial charge in [-0.25, -0.2) is 20.0 Å². The number of nitrogens with one attached hydrogen (secondary N) is 1. The van der Waals surface area contributed by atoms with Crippen LogP contribution in [-0.2, 0) is 0 Å². The molecule has 136 valence electrons. The summed E-state index contributed by atoms with van der Waals surface area (Å²) in [7, 11) is 3.09. The van der Waals surface area contributed by atoms with Crippen molar-refractivity contribution in [3.8, 4) is 11.6 Å². The lowest BCUT2D eigenvalue weighted by Gasteiger charge is -2.12. The van der Waals surface area contributed by atoms with Crippen LogP contribution in [0.15, 0.2) is 53.0 Å². The molecule has 0 radical (unpaired) electrons. The Morgan fingerprint density at radius 3 is 2.46 bits per heavy atom. The SMILES string of the molecule is C=C(N)/N=C(C)\N=C(/N)c1cc(OC)cnc1Nc1ccc(OC)nc1. The predicted molar refractivity (Wildman–Crippen MR) is 102 cm³/mol. The first-order valence-electron chi connectivity index (χ1n) is 7.58. The quantitative estimate of drug-likeness (QED) is 0.531. The number of hydrogen-bond donors (Lipinski definition) is 3. The summed E-state index contributed by atoms with van der Waals surface area (Å²) in [4.78, 5) is 16.7. The van der Waals surface area contributed by atoms with E-state index in [1.807, 2.05) is 0 Å². The number of aliphatic imine (C=N–C) groups is 2. The summed E-state index contributed by atoms with van der Waals surface area (Å²) in [6.07, 6.45) is 3.19. The van der Waals surface area contributed by atoms with Gasteiger partial charge in [0, 0.05) is 6.07 Å². The van der Waals surface area contributed by atoms with E-state index in [-0.39, 0.29) is 11.7 Å². The van der Waals surface area contributed by atoms with E-state index >= 15 is 0 Å². The van der Waals surface area contributed by atoms with Crippen molar-refractivity contribution in [2.24, 2.45) is 21.5 Å². The van der Waals surface area contributed by atoms with E-state index in [1.165, 1.54) is 0 Å². The first kappa shape index (κ1) is 18.7. The maximum Gasteiger partial charge on any atom is 0.213 e. The van der Waals surface area contributed by atoms with E-state index in [1.54, 1.807) is 51.7 Å². The van der Waals surface area contributed by atoms with Gasteiger partial charge in [0.05, 0.1) is 37.9 Å². The van der Waals surface area contributed by atoms with Gasteiger partial charge in [0.1, 0.15) is 29.1 Å². The second kappa shape index (κ2) is 8.47. The van der Waals surface area contributed by atoms with Crippen LogP contribution in [0.25, 0.3) is 0 Å². The number of anilines is 2. The number of amidine groups is 2. The zero-order valence-electron chi connectivity index (χ0n) is 14.9. The Bertz CT molecular complexity index is 845. The number of hydrogen-bond acceptors (Lipinski definition) is 7. The lowest BCUT2D eigenvalue weighted by Crippen LogP contribution is -2.18. The minimum atomic E-state index is 0.144. The van der Waals surface area contributed by atoms with Crippen molar-refractivity contribution in [1.82, 2.24) is 9.97 Å². The Morgan fingerprint density at radius 2 is 1.88 bits per heavy atom. The van der Waals surface area contributed by atoms with Crippen molar-refractivity contribution in [2.75, 3.05) is 19.5 Å². The average molecular weight is 355 g/mol. The Hall–Kier alpha value is -3.62. The van der Waals surface area contributed by atoms with Crippen molar-refractivity contribution in [2.45, 2.75) is 6.92 Å². The Balaban J connectivity index is 2.39. The summed E-state index contributed by atoms with van der Waals surface area (Å²) >= 11 is 0. The molecule has 0 aliphatic heterocycles. The molecule has 0 saturated carbocycles. The minimum absolute atomic E-state index is 0.144. The number of nitrogens with two attached hydrogens (primary N) is 2. The molecule has 0 aromatic carbocycles. The fourth-order valence-corrected chi connectivity index (χ4v) is 2.03. The molecule has 0 spiro atoms. The number of ether oxygens (including phenoxy) is 2. The molecule has 2 aromatic heterocycles. The summed E-state index contributed by atoms with van der Waals surface area (Å²) in [6.45, 7) is 5.17. The van der Waals surface area contributed by atoms with Crippen LogP contribution in [0.2, 0.25) is 0 Å². The van der Waals surface area contributed by atoms with E-state index in [4.69, 9.17) is 20.9 Å². The van der Waals surface area contributed by atoms with Gasteiger partial charge >= 0.3 is 0 Å². The molecule has 9 nitrogen and oxygen atoms in total. The predicted octanol–water partition coefficient (Wildman–Crippen LogP) is 1.79. The maximum absolute atomic E-state index is 6.12. The fourth-order valence-electron chi connectivity index (χ4n) is 2.03. The van der Waals surface area contributed by atoms with Crippen molar-refractivity contribution in [1.29, 1.82) is 0 Å². The standard InChI is InChI=1S/C17H21N7O2/c1-10(18)22-11(2)23-16(19)14-7-13(25-3)9-21-17(14)24-12-5-6-15(26-4)20-8-12/h5-9H,1,18H2,2-4H3,(H,21,24)(H2,19,22,23). The van der Waals surface area contributed by atoms with Gasteiger partial charge in [-0.15, -0.1) is 0 Å². The fraction of sp³-hybridized carbons (Fsp3) is 0.176. The topological polar surface area (TPSA) is 133 Å². The highest BCUT2D eigenvalue weighted by atomic mass is 16.5. The summed E-state index contributed by atoms with van der Waals surface area (Å²) in [5, 5.41) is 3.14. The summed E-state index contributed by atoms with van der Waals surface area (Å²) < 4.78 is 10.3. The van der Waals surface area contributed by atoms with Gasteiger partial charge in [0.25, 0.3) is 0 Å². The molecule has 0 bridgehead atoms. The Labute approximate surface area is 151 Å². The number of rotatable bonds is 6. The molecule has 0 fully saturated rings. The van der Waals surface area contributed by atoms with E-state index in [2.05, 4.69) is 31.8 Å². The first-order chi connectivity index (χ1) is 12.4. The monoisotopic (exact) mass is 355 g/mol. The van der Waals surface area contributed by atoms with E-state index < -0.39 is 0 Å². The van der Waals surface area contributed by atoms with Gasteiger partial charge in [0.2, 0.25) is 5.88 Å². The van der Waals surface area contributed by atoms with Crippen LogP contribution >= 0.6 is 0 Å². The van der Waals surface area contributed by atoms with Gasteiger partial charge in [-0.05, 0) is 19.1 Å². The largest absolute Gasteiger partial charge is 0.495 e. The maximum atomic E-state index is 6.12. The molecule has 0 saturated heterocycles. The smallest absolute Gasteiger partial charge is 0.213 e. The third-order valence-corrected chi connectivity index (χ3v) is 3.17. The van der Waals surface area contributed by atoms with Crippen molar-refractivity contribution in [3.63, 3.8) is 0 Å². The number of nitrogens with zero attached hydrogens (tertiary/aromatic N) is 4. The number of pyridine rings is 2. The molecule has 9 heteroatoms. The molecule has 5 N–H and O–H groups in total. The van der Waals surface area contributed by atoms with Gasteiger partial charge < -0.3 is 26.3 Å². The van der Waals surface area contributed by atoms with Crippen LogP contribution in [0.1, 0.15) is 12.5 Å². The van der Waals surface area contributed by atoms with Gasteiger partial charge in [-0.3, -0.25) is 0 Å². The van der Waals surface area contributed by atoms with Crippen molar-refractivity contribution >= 4 is 23.2 Å². The third-order valence-electron chi connectivity index (χ3n) is 3.17. The molecule has 0 unspecified atom stereocenters. The molecule has 0 amide bonds. The summed E-state index contributed by atoms with van der Waals surface area (Å²) in [5.41, 5.74) is 12.8. The third kappa shape index (κ3) is 4.94. The molecule has 0 aliphatic carbocycles. The second-order valence-corrected chi connectivity index (χ2v) is 5.13. The number of aromatic nitrogens is 2. The second-order valence-electron chi connectivity index (χ2n) is 5.13. The first-order valence-corrected chi connectivity index (χ1v) is 7.58. The molecule has 2 aromatic rings. The van der Waals surface area contributed by atoms with Crippen LogP contribution in [0, 0.1) is 0 Å². The van der Waals surface area contributed by atoms with E-state index in [0.717, 1.165) is 0 Å². The highest BCUT2D eigenvalue weighted by Crippen LogP contribution is 2.23. The Kier molecular flexibility index (Phi) is 6.10. The van der Waals surface area contributed by atoms with E-state index in [0.29, 0.717) is 34.5 Å². The molecule has 0 aliphatic rings. The molecule has 2 rings (SSSR count). The highest BCUT2D eigenvalue weighted by Gasteiger charge is 2.11. The summed E-state index contributed by atoms with van der Waals surface area (Å²) in [5.74, 6) is 2.24. The summed E-state index contributed by atoms with van der Waals surface area (Å²) in [6, 6.07) is 5.25. The molecule has 0 atom stereocenters. The molecule has 26 heavy (non-hydrogen) atoms. The van der Waals surface area contributed by atoms with Crippen LogP contribution in [0.3, 0.4) is 0 Å². The van der Waals surface area contributed by atoms with Crippen LogP contribution in [-0.4, -0.2) is 35.9 Å². The van der Waals surface area contributed by atoms with Crippen LogP contribution in [0.5, 0.6) is 11.6 Å². The van der Waals surface area contributed by atoms with Gasteiger partial charge in [0.15, 0.2) is 0 Å². The lowest BCUT2D eigenvalue weighted by molar-refractivity contribution is 0.398. The van der Waals surface area contributed by atoms with Crippen LogP contribution in [0.4, 0.5) is 11.5 Å². The molecular weight excluding hydrogens is 334 g/mol. The lowest BCUT2D eigenvalue weighted by atomic mass is 10.2. The minimum Gasteiger partial charge on any atom is -0.495 e. The normalized spacial score (nSPS) is 11.8. The van der Waals surface area contributed by atoms with E-state index in [9.17, 15) is 0 Å². The molecule has 2 heterocycles.